The van der Waals surface area contributed by atoms with Crippen molar-refractivity contribution in [3.05, 3.63) is 35.4 Å². The number of benzene rings is 1. The first-order chi connectivity index (χ1) is 9.59. The molecule has 1 unspecified atom stereocenters. The van der Waals surface area contributed by atoms with E-state index in [2.05, 4.69) is 10.6 Å². The Morgan fingerprint density at radius 2 is 1.90 bits per heavy atom. The molecule has 1 heterocycles. The van der Waals surface area contributed by atoms with Crippen LogP contribution in [0.3, 0.4) is 0 Å². The SMILES string of the molecule is Cl.O=C(NCC(O)c1c(F)cccc1F)C1CCNCC1. The Morgan fingerprint density at radius 1 is 1.33 bits per heavy atom. The number of nitrogens with one attached hydrogen (secondary N) is 2. The van der Waals surface area contributed by atoms with E-state index in [4.69, 9.17) is 0 Å². The van der Waals surface area contributed by atoms with Crippen LogP contribution in [-0.2, 0) is 4.79 Å². The van der Waals surface area contributed by atoms with E-state index in [9.17, 15) is 18.7 Å². The molecular formula is C14H19ClF2N2O2. The lowest BCUT2D eigenvalue weighted by Gasteiger charge is -2.22. The van der Waals surface area contributed by atoms with Gasteiger partial charge in [-0.2, -0.15) is 0 Å². The molecule has 21 heavy (non-hydrogen) atoms. The van der Waals surface area contributed by atoms with E-state index in [-0.39, 0.29) is 30.8 Å². The predicted octanol–water partition coefficient (Wildman–Crippen LogP) is 1.54. The van der Waals surface area contributed by atoms with Gasteiger partial charge in [-0.05, 0) is 38.1 Å². The molecule has 1 aliphatic rings. The molecule has 0 aliphatic carbocycles. The van der Waals surface area contributed by atoms with Crippen molar-refractivity contribution in [3.63, 3.8) is 0 Å². The van der Waals surface area contributed by atoms with Crippen LogP contribution in [-0.4, -0.2) is 30.6 Å². The molecule has 1 saturated heterocycles. The van der Waals surface area contributed by atoms with Crippen LogP contribution in [0.1, 0.15) is 24.5 Å². The zero-order chi connectivity index (χ0) is 14.5. The summed E-state index contributed by atoms with van der Waals surface area (Å²) in [5.41, 5.74) is -0.405. The van der Waals surface area contributed by atoms with E-state index in [0.29, 0.717) is 0 Å². The van der Waals surface area contributed by atoms with Gasteiger partial charge in [-0.25, -0.2) is 8.78 Å². The quantitative estimate of drug-likeness (QED) is 0.788. The number of hydrogen-bond donors (Lipinski definition) is 3. The van der Waals surface area contributed by atoms with Gasteiger partial charge < -0.3 is 15.7 Å². The Kier molecular flexibility index (Phi) is 7.01. The van der Waals surface area contributed by atoms with Gasteiger partial charge in [0.2, 0.25) is 5.91 Å². The fraction of sp³-hybridized carbons (Fsp3) is 0.500. The minimum atomic E-state index is -1.39. The van der Waals surface area contributed by atoms with Gasteiger partial charge in [0.1, 0.15) is 17.7 Å². The number of aliphatic hydroxyl groups excluding tert-OH is 1. The third kappa shape index (κ3) is 4.62. The lowest BCUT2D eigenvalue weighted by molar-refractivity contribution is -0.126. The van der Waals surface area contributed by atoms with Crippen LogP contribution >= 0.6 is 12.4 Å². The smallest absolute Gasteiger partial charge is 0.223 e. The first kappa shape index (κ1) is 17.8. The van der Waals surface area contributed by atoms with Crippen molar-refractivity contribution in [2.45, 2.75) is 18.9 Å². The fourth-order valence-corrected chi connectivity index (χ4v) is 2.36. The number of carbonyl (C=O) groups excluding carboxylic acids is 1. The molecule has 1 aromatic carbocycles. The van der Waals surface area contributed by atoms with Crippen LogP contribution in [0.2, 0.25) is 0 Å². The van der Waals surface area contributed by atoms with Gasteiger partial charge in [0, 0.05) is 12.5 Å². The second kappa shape index (κ2) is 8.26. The zero-order valence-corrected chi connectivity index (χ0v) is 12.3. The number of piperidine rings is 1. The summed E-state index contributed by atoms with van der Waals surface area (Å²) >= 11 is 0. The van der Waals surface area contributed by atoms with Crippen molar-refractivity contribution in [3.8, 4) is 0 Å². The van der Waals surface area contributed by atoms with Gasteiger partial charge in [0.05, 0.1) is 5.56 Å². The van der Waals surface area contributed by atoms with Crippen molar-refractivity contribution >= 4 is 18.3 Å². The third-order valence-corrected chi connectivity index (χ3v) is 3.51. The van der Waals surface area contributed by atoms with Crippen LogP contribution < -0.4 is 10.6 Å². The normalized spacial score (nSPS) is 16.9. The minimum Gasteiger partial charge on any atom is -0.386 e. The Hall–Kier alpha value is -1.24. The maximum Gasteiger partial charge on any atom is 0.223 e. The van der Waals surface area contributed by atoms with Crippen molar-refractivity contribution in [2.75, 3.05) is 19.6 Å². The van der Waals surface area contributed by atoms with Gasteiger partial charge in [-0.1, -0.05) is 6.07 Å². The first-order valence-corrected chi connectivity index (χ1v) is 6.70. The molecule has 1 fully saturated rings. The molecule has 4 nitrogen and oxygen atoms in total. The highest BCUT2D eigenvalue weighted by molar-refractivity contribution is 5.85. The molecule has 0 aromatic heterocycles. The summed E-state index contributed by atoms with van der Waals surface area (Å²) in [4.78, 5) is 11.9. The van der Waals surface area contributed by atoms with Crippen LogP contribution in [0.15, 0.2) is 18.2 Å². The summed E-state index contributed by atoms with van der Waals surface area (Å²) in [7, 11) is 0. The second-order valence-electron chi connectivity index (χ2n) is 4.92. The molecule has 118 valence electrons. The molecule has 1 amide bonds. The summed E-state index contributed by atoms with van der Waals surface area (Å²) in [6.45, 7) is 1.37. The number of hydrogen-bond acceptors (Lipinski definition) is 3. The number of carbonyl (C=O) groups is 1. The summed E-state index contributed by atoms with van der Waals surface area (Å²) in [5, 5.41) is 15.5. The summed E-state index contributed by atoms with van der Waals surface area (Å²) < 4.78 is 26.9. The van der Waals surface area contributed by atoms with Crippen molar-refractivity contribution in [1.29, 1.82) is 0 Å². The van der Waals surface area contributed by atoms with Gasteiger partial charge in [-0.15, -0.1) is 12.4 Å². The highest BCUT2D eigenvalue weighted by Crippen LogP contribution is 2.20. The van der Waals surface area contributed by atoms with E-state index in [1.165, 1.54) is 6.07 Å². The molecule has 0 bridgehead atoms. The van der Waals surface area contributed by atoms with Crippen molar-refractivity contribution < 1.29 is 18.7 Å². The van der Waals surface area contributed by atoms with Crippen molar-refractivity contribution in [1.82, 2.24) is 10.6 Å². The molecule has 3 N–H and O–H groups in total. The van der Waals surface area contributed by atoms with Crippen LogP contribution in [0.4, 0.5) is 8.78 Å². The molecule has 1 aliphatic heterocycles. The molecule has 0 spiro atoms. The van der Waals surface area contributed by atoms with E-state index >= 15 is 0 Å². The molecule has 7 heteroatoms. The largest absolute Gasteiger partial charge is 0.386 e. The van der Waals surface area contributed by atoms with E-state index in [1.54, 1.807) is 0 Å². The Morgan fingerprint density at radius 3 is 2.48 bits per heavy atom. The van der Waals surface area contributed by atoms with Crippen LogP contribution in [0.25, 0.3) is 0 Å². The highest BCUT2D eigenvalue weighted by atomic mass is 35.5. The Labute approximate surface area is 128 Å². The average molecular weight is 321 g/mol. The lowest BCUT2D eigenvalue weighted by Crippen LogP contribution is -2.39. The average Bonchev–Trinajstić information content (AvgIpc) is 2.45. The Balaban J connectivity index is 0.00000220. The van der Waals surface area contributed by atoms with Crippen LogP contribution in [0, 0.1) is 17.6 Å². The molecule has 1 atom stereocenters. The third-order valence-electron chi connectivity index (χ3n) is 3.51. The highest BCUT2D eigenvalue weighted by Gasteiger charge is 2.23. The molecular weight excluding hydrogens is 302 g/mol. The van der Waals surface area contributed by atoms with Gasteiger partial charge >= 0.3 is 0 Å². The zero-order valence-electron chi connectivity index (χ0n) is 11.4. The topological polar surface area (TPSA) is 61.4 Å². The van der Waals surface area contributed by atoms with E-state index in [1.807, 2.05) is 0 Å². The van der Waals surface area contributed by atoms with Crippen LogP contribution in [0.5, 0.6) is 0 Å². The number of halogens is 3. The number of aliphatic hydroxyl groups is 1. The van der Waals surface area contributed by atoms with Gasteiger partial charge in [-0.3, -0.25) is 4.79 Å². The van der Waals surface area contributed by atoms with Crippen molar-refractivity contribution in [2.24, 2.45) is 5.92 Å². The second-order valence-corrected chi connectivity index (χ2v) is 4.92. The molecule has 1 aromatic rings. The summed E-state index contributed by atoms with van der Waals surface area (Å²) in [6, 6.07) is 3.39. The maximum atomic E-state index is 13.5. The van der Waals surface area contributed by atoms with Gasteiger partial charge in [0.15, 0.2) is 0 Å². The maximum absolute atomic E-state index is 13.5. The molecule has 2 rings (SSSR count). The predicted molar refractivity (Wildman–Crippen MR) is 77.2 cm³/mol. The van der Waals surface area contributed by atoms with Gasteiger partial charge in [0.25, 0.3) is 0 Å². The summed E-state index contributed by atoms with van der Waals surface area (Å²) in [5.74, 6) is -1.90. The summed E-state index contributed by atoms with van der Waals surface area (Å²) in [6.07, 6.45) is 0.0771. The van der Waals surface area contributed by atoms with E-state index < -0.39 is 23.3 Å². The minimum absolute atomic E-state index is 0. The standard InChI is InChI=1S/C14H18F2N2O2.ClH/c15-10-2-1-3-11(16)13(10)12(19)8-18-14(20)9-4-6-17-7-5-9;/h1-3,9,12,17,19H,4-8H2,(H,18,20);1H. The molecule has 0 radical (unpaired) electrons. The van der Waals surface area contributed by atoms with E-state index in [0.717, 1.165) is 38.1 Å². The number of amides is 1. The first-order valence-electron chi connectivity index (χ1n) is 6.70. The fourth-order valence-electron chi connectivity index (χ4n) is 2.36. The number of rotatable bonds is 4. The lowest BCUT2D eigenvalue weighted by atomic mass is 9.97. The monoisotopic (exact) mass is 320 g/mol. The molecule has 0 saturated carbocycles. The Bertz CT molecular complexity index is 462.